The van der Waals surface area contributed by atoms with Gasteiger partial charge in [0.2, 0.25) is 0 Å². The summed E-state index contributed by atoms with van der Waals surface area (Å²) >= 11 is 3.14. The van der Waals surface area contributed by atoms with Crippen LogP contribution in [-0.4, -0.2) is 9.78 Å². The van der Waals surface area contributed by atoms with Crippen molar-refractivity contribution in [3.8, 4) is 5.75 Å². The van der Waals surface area contributed by atoms with Crippen molar-refractivity contribution in [3.63, 3.8) is 0 Å². The molecule has 0 N–H and O–H groups in total. The van der Waals surface area contributed by atoms with E-state index in [-0.39, 0.29) is 5.82 Å². The molecule has 0 saturated carbocycles. The van der Waals surface area contributed by atoms with Crippen molar-refractivity contribution in [3.05, 3.63) is 46.4 Å². The summed E-state index contributed by atoms with van der Waals surface area (Å²) in [5, 5.41) is 4.51. The predicted octanol–water partition coefficient (Wildman–Crippen LogP) is 4.72. The molecule has 1 aromatic heterocycles. The molecular weight excluding hydrogens is 323 g/mol. The Morgan fingerprint density at radius 2 is 2.05 bits per heavy atom. The molecule has 1 aromatic carbocycles. The molecule has 0 fully saturated rings. The Balaban J connectivity index is 1.98. The molecule has 0 radical (unpaired) electrons. The van der Waals surface area contributed by atoms with Crippen LogP contribution in [0.2, 0.25) is 0 Å². The van der Waals surface area contributed by atoms with Crippen molar-refractivity contribution in [2.75, 3.05) is 0 Å². The van der Waals surface area contributed by atoms with Crippen LogP contribution in [-0.2, 0) is 6.61 Å². The van der Waals surface area contributed by atoms with E-state index in [9.17, 15) is 4.39 Å². The van der Waals surface area contributed by atoms with Gasteiger partial charge >= 0.3 is 0 Å². The fraction of sp³-hybridized carbons (Fsp3) is 0.400. The fourth-order valence-corrected chi connectivity index (χ4v) is 2.40. The van der Waals surface area contributed by atoms with Crippen LogP contribution in [0.1, 0.15) is 38.4 Å². The maximum atomic E-state index is 13.1. The third-order valence-electron chi connectivity index (χ3n) is 3.26. The van der Waals surface area contributed by atoms with E-state index in [1.54, 1.807) is 12.1 Å². The zero-order valence-corrected chi connectivity index (χ0v) is 13.2. The molecule has 0 aliphatic heterocycles. The molecule has 0 aliphatic rings. The van der Waals surface area contributed by atoms with E-state index >= 15 is 0 Å². The Kier molecular flexibility index (Phi) is 5.17. The summed E-state index contributed by atoms with van der Waals surface area (Å²) in [6.45, 7) is 4.69. The van der Waals surface area contributed by atoms with Crippen molar-refractivity contribution >= 4 is 15.9 Å². The van der Waals surface area contributed by atoms with Gasteiger partial charge in [-0.3, -0.25) is 4.68 Å². The smallest absolute Gasteiger partial charge is 0.137 e. The van der Waals surface area contributed by atoms with Gasteiger partial charge in [-0.2, -0.15) is 5.10 Å². The second-order valence-electron chi connectivity index (χ2n) is 4.62. The number of hydrogen-bond donors (Lipinski definition) is 0. The van der Waals surface area contributed by atoms with Gasteiger partial charge in [0.15, 0.2) is 0 Å². The van der Waals surface area contributed by atoms with Crippen LogP contribution in [0.4, 0.5) is 4.39 Å². The van der Waals surface area contributed by atoms with Gasteiger partial charge in [-0.15, -0.1) is 0 Å². The molecule has 0 saturated heterocycles. The van der Waals surface area contributed by atoms with Gasteiger partial charge in [0, 0.05) is 6.20 Å². The average Bonchev–Trinajstić information content (AvgIpc) is 2.90. The minimum atomic E-state index is -0.296. The van der Waals surface area contributed by atoms with Gasteiger partial charge in [0.05, 0.1) is 16.2 Å². The number of nitrogens with zero attached hydrogens (tertiary/aromatic N) is 2. The quantitative estimate of drug-likeness (QED) is 0.760. The number of benzene rings is 1. The number of ether oxygens (including phenoxy) is 1. The zero-order chi connectivity index (χ0) is 14.5. The molecule has 1 heterocycles. The molecule has 0 atom stereocenters. The topological polar surface area (TPSA) is 27.1 Å². The van der Waals surface area contributed by atoms with Crippen molar-refractivity contribution < 1.29 is 9.13 Å². The highest BCUT2D eigenvalue weighted by molar-refractivity contribution is 9.10. The first-order chi connectivity index (χ1) is 9.63. The standard InChI is InChI=1S/C15H18BrFN2O/c1-3-12(4-2)19-8-7-11(18-19)10-20-13-5-6-15(17)14(16)9-13/h5-9,12H,3-4,10H2,1-2H3. The van der Waals surface area contributed by atoms with E-state index in [1.807, 2.05) is 16.9 Å². The SMILES string of the molecule is CCC(CC)n1ccc(COc2ccc(F)c(Br)c2)n1. The second-order valence-corrected chi connectivity index (χ2v) is 5.48. The summed E-state index contributed by atoms with van der Waals surface area (Å²) in [5.74, 6) is 0.325. The van der Waals surface area contributed by atoms with Gasteiger partial charge in [-0.1, -0.05) is 13.8 Å². The number of aromatic nitrogens is 2. The first kappa shape index (κ1) is 15.0. The molecule has 0 bridgehead atoms. The van der Waals surface area contributed by atoms with Crippen LogP contribution in [0.15, 0.2) is 34.9 Å². The number of halogens is 2. The average molecular weight is 341 g/mol. The van der Waals surface area contributed by atoms with Crippen LogP contribution in [0.5, 0.6) is 5.75 Å². The maximum Gasteiger partial charge on any atom is 0.137 e. The summed E-state index contributed by atoms with van der Waals surface area (Å²) < 4.78 is 21.1. The van der Waals surface area contributed by atoms with E-state index in [2.05, 4.69) is 34.9 Å². The van der Waals surface area contributed by atoms with Crippen molar-refractivity contribution in [1.82, 2.24) is 9.78 Å². The largest absolute Gasteiger partial charge is 0.487 e. The van der Waals surface area contributed by atoms with Gasteiger partial charge in [0.1, 0.15) is 18.2 Å². The number of hydrogen-bond acceptors (Lipinski definition) is 2. The monoisotopic (exact) mass is 340 g/mol. The van der Waals surface area contributed by atoms with E-state index < -0.39 is 0 Å². The van der Waals surface area contributed by atoms with Crippen LogP contribution < -0.4 is 4.74 Å². The van der Waals surface area contributed by atoms with Crippen LogP contribution >= 0.6 is 15.9 Å². The summed E-state index contributed by atoms with van der Waals surface area (Å²) in [4.78, 5) is 0. The van der Waals surface area contributed by atoms with Crippen molar-refractivity contribution in [2.45, 2.75) is 39.3 Å². The Bertz CT molecular complexity index is 567. The van der Waals surface area contributed by atoms with E-state index in [4.69, 9.17) is 4.74 Å². The van der Waals surface area contributed by atoms with E-state index in [0.29, 0.717) is 22.9 Å². The molecule has 0 spiro atoms. The van der Waals surface area contributed by atoms with Crippen LogP contribution in [0, 0.1) is 5.82 Å². The molecule has 0 aliphatic carbocycles. The van der Waals surface area contributed by atoms with Gasteiger partial charge < -0.3 is 4.74 Å². The zero-order valence-electron chi connectivity index (χ0n) is 11.6. The lowest BCUT2D eigenvalue weighted by atomic mass is 10.2. The molecule has 20 heavy (non-hydrogen) atoms. The lowest BCUT2D eigenvalue weighted by Crippen LogP contribution is -2.08. The van der Waals surface area contributed by atoms with Gasteiger partial charge in [-0.05, 0) is 53.0 Å². The Labute approximate surface area is 126 Å². The van der Waals surface area contributed by atoms with E-state index in [1.165, 1.54) is 6.07 Å². The molecule has 5 heteroatoms. The molecule has 2 aromatic rings. The highest BCUT2D eigenvalue weighted by atomic mass is 79.9. The lowest BCUT2D eigenvalue weighted by molar-refractivity contribution is 0.296. The summed E-state index contributed by atoms with van der Waals surface area (Å²) in [6.07, 6.45) is 4.10. The summed E-state index contributed by atoms with van der Waals surface area (Å²) in [5.41, 5.74) is 0.873. The second kappa shape index (κ2) is 6.88. The lowest BCUT2D eigenvalue weighted by Gasteiger charge is -2.12. The highest BCUT2D eigenvalue weighted by Gasteiger charge is 2.08. The molecule has 3 nitrogen and oxygen atoms in total. The first-order valence-electron chi connectivity index (χ1n) is 6.76. The maximum absolute atomic E-state index is 13.1. The number of rotatable bonds is 6. The normalized spacial score (nSPS) is 11.1. The molecular formula is C15H18BrFN2O. The molecule has 108 valence electrons. The highest BCUT2D eigenvalue weighted by Crippen LogP contribution is 2.22. The summed E-state index contributed by atoms with van der Waals surface area (Å²) in [6, 6.07) is 6.99. The third-order valence-corrected chi connectivity index (χ3v) is 3.87. The molecule has 0 amide bonds. The van der Waals surface area contributed by atoms with Gasteiger partial charge in [-0.25, -0.2) is 4.39 Å². The Hall–Kier alpha value is -1.36. The van der Waals surface area contributed by atoms with Crippen LogP contribution in [0.3, 0.4) is 0 Å². The molecule has 2 rings (SSSR count). The summed E-state index contributed by atoms with van der Waals surface area (Å²) in [7, 11) is 0. The first-order valence-corrected chi connectivity index (χ1v) is 7.55. The van der Waals surface area contributed by atoms with Crippen LogP contribution in [0.25, 0.3) is 0 Å². The fourth-order valence-electron chi connectivity index (χ4n) is 2.04. The van der Waals surface area contributed by atoms with Gasteiger partial charge in [0.25, 0.3) is 0 Å². The Morgan fingerprint density at radius 1 is 1.30 bits per heavy atom. The minimum absolute atomic E-state index is 0.296. The predicted molar refractivity (Wildman–Crippen MR) is 80.3 cm³/mol. The molecule has 0 unspecified atom stereocenters. The van der Waals surface area contributed by atoms with Crippen molar-refractivity contribution in [1.29, 1.82) is 0 Å². The third kappa shape index (κ3) is 3.60. The van der Waals surface area contributed by atoms with Crippen molar-refractivity contribution in [2.24, 2.45) is 0 Å². The van der Waals surface area contributed by atoms with E-state index in [0.717, 1.165) is 18.5 Å². The Morgan fingerprint density at radius 3 is 2.70 bits per heavy atom. The minimum Gasteiger partial charge on any atom is -0.487 e.